The number of alkyl halides is 1. The molecule has 1 amide bonds. The largest absolute Gasteiger partial charge is 0.778 e. The molecule has 6 nitrogen and oxygen atoms in total. The average molecular weight is 576 g/mol. The lowest BCUT2D eigenvalue weighted by Gasteiger charge is -2.22. The molecule has 0 heterocycles. The third-order valence-electron chi connectivity index (χ3n) is 6.49. The molecular weight excluding hydrogens is 527 g/mol. The Morgan fingerprint density at radius 1 is 1.00 bits per heavy atom. The minimum Gasteiger partial charge on any atom is -0.778 e. The summed E-state index contributed by atoms with van der Waals surface area (Å²) in [7, 11) is -4.48. The highest BCUT2D eigenvalue weighted by atomic mass is 79.9. The van der Waals surface area contributed by atoms with Crippen LogP contribution in [0.5, 0.6) is 0 Å². The number of hydrogen-bond donors (Lipinski definition) is 3. The van der Waals surface area contributed by atoms with E-state index in [1.807, 2.05) is 0 Å². The van der Waals surface area contributed by atoms with Crippen LogP contribution in [0.2, 0.25) is 0 Å². The molecule has 202 valence electrons. The zero-order valence-electron chi connectivity index (χ0n) is 21.7. The molecule has 0 aliphatic heterocycles. The molecule has 1 aliphatic rings. The molecule has 0 bridgehead atoms. The van der Waals surface area contributed by atoms with Crippen molar-refractivity contribution in [3.63, 3.8) is 0 Å². The summed E-state index contributed by atoms with van der Waals surface area (Å²) in [6, 6.07) is 7.19. The van der Waals surface area contributed by atoms with Crippen molar-refractivity contribution < 1.29 is 24.9 Å². The van der Waals surface area contributed by atoms with Crippen molar-refractivity contribution >= 4 is 35.1 Å². The summed E-state index contributed by atoms with van der Waals surface area (Å²) in [6.45, 7) is 2.24. The first-order valence-corrected chi connectivity index (χ1v) is 16.2. The van der Waals surface area contributed by atoms with E-state index in [0.29, 0.717) is 17.7 Å². The van der Waals surface area contributed by atoms with E-state index in [1.54, 1.807) is 24.3 Å². The second kappa shape index (κ2) is 19.4. The Morgan fingerprint density at radius 3 is 1.91 bits per heavy atom. The van der Waals surface area contributed by atoms with Gasteiger partial charge in [-0.1, -0.05) is 106 Å². The lowest BCUT2D eigenvalue weighted by atomic mass is 9.97. The number of amides is 1. The van der Waals surface area contributed by atoms with Crippen molar-refractivity contribution in [3.8, 4) is 0 Å². The highest BCUT2D eigenvalue weighted by Crippen LogP contribution is 2.52. The molecule has 1 aliphatic carbocycles. The molecule has 8 heteroatoms. The Balaban J connectivity index is 0.000000744. The van der Waals surface area contributed by atoms with Crippen molar-refractivity contribution in [1.29, 1.82) is 0 Å². The first kappa shape index (κ1) is 32.3. The number of carbonyl (C=O) groups is 1. The van der Waals surface area contributed by atoms with E-state index >= 15 is 0 Å². The molecule has 1 saturated carbocycles. The lowest BCUT2D eigenvalue weighted by Crippen LogP contribution is -2.61. The van der Waals surface area contributed by atoms with Crippen LogP contribution < -0.4 is 15.9 Å². The summed E-state index contributed by atoms with van der Waals surface area (Å²) >= 11 is 2.95. The summed E-state index contributed by atoms with van der Waals surface area (Å²) in [5.41, 5.74) is 5.04. The third kappa shape index (κ3) is 16.6. The number of nitrogens with one attached hydrogen (secondary N) is 1. The van der Waals surface area contributed by atoms with Gasteiger partial charge in [-0.15, -0.1) is 0 Å². The fourth-order valence-corrected chi connectivity index (χ4v) is 5.13. The standard InChI is InChI=1S/C21H35BrNO4P.C6H13N/c1-2-3-4-5-6-7-8-9-10-11-12-13-20(24)23-19-16-14-18(15-17-19)21(22)28(25,26)27;7-6-4-2-1-3-5-6/h14-17,21H,2-13H2,1H3,(H,23,24)(H2,25,26,27);6H,1-5,7H2. The zero-order valence-corrected chi connectivity index (χ0v) is 24.2. The van der Waals surface area contributed by atoms with E-state index in [1.165, 1.54) is 89.9 Å². The van der Waals surface area contributed by atoms with Gasteiger partial charge in [-0.2, -0.15) is 0 Å². The van der Waals surface area contributed by atoms with Crippen molar-refractivity contribution in [2.45, 2.75) is 127 Å². The molecule has 5 N–H and O–H groups in total. The van der Waals surface area contributed by atoms with Gasteiger partial charge in [-0.25, -0.2) is 0 Å². The minimum absolute atomic E-state index is 0.0317. The van der Waals surface area contributed by atoms with Gasteiger partial charge in [0.25, 0.3) is 0 Å². The summed E-state index contributed by atoms with van der Waals surface area (Å²) in [4.78, 5) is 32.2. The molecule has 2 rings (SSSR count). The molecule has 0 saturated heterocycles. The second-order valence-corrected chi connectivity index (χ2v) is 13.1. The molecule has 2 atom stereocenters. The molecule has 0 aromatic heterocycles. The fraction of sp³-hybridized carbons (Fsp3) is 0.741. The first-order chi connectivity index (χ1) is 16.7. The summed E-state index contributed by atoms with van der Waals surface area (Å²) < 4.78 is 10.0. The van der Waals surface area contributed by atoms with E-state index in [4.69, 9.17) is 4.89 Å². The predicted molar refractivity (Wildman–Crippen MR) is 147 cm³/mol. The van der Waals surface area contributed by atoms with Gasteiger partial charge < -0.3 is 25.4 Å². The van der Waals surface area contributed by atoms with E-state index in [2.05, 4.69) is 33.9 Å². The summed E-state index contributed by atoms with van der Waals surface area (Å²) in [5.74, 6) is -0.0317. The lowest BCUT2D eigenvalue weighted by molar-refractivity contribution is -0.425. The van der Waals surface area contributed by atoms with E-state index in [-0.39, 0.29) is 5.91 Å². The van der Waals surface area contributed by atoms with Crippen LogP contribution in [0.25, 0.3) is 0 Å². The quantitative estimate of drug-likeness (QED) is 0.121. The molecule has 1 fully saturated rings. The van der Waals surface area contributed by atoms with Gasteiger partial charge in [0.15, 0.2) is 0 Å². The van der Waals surface area contributed by atoms with Gasteiger partial charge >= 0.3 is 0 Å². The first-order valence-electron chi connectivity index (χ1n) is 13.6. The van der Waals surface area contributed by atoms with Crippen LogP contribution in [0.1, 0.15) is 126 Å². The number of rotatable bonds is 15. The Hall–Kier alpha value is -0.720. The Bertz CT molecular complexity index is 720. The minimum atomic E-state index is -4.48. The van der Waals surface area contributed by atoms with Crippen molar-refractivity contribution in [1.82, 2.24) is 0 Å². The highest BCUT2D eigenvalue weighted by molar-refractivity contribution is 9.10. The van der Waals surface area contributed by atoms with Crippen LogP contribution in [0, 0.1) is 0 Å². The van der Waals surface area contributed by atoms with Crippen LogP contribution in [0.3, 0.4) is 0 Å². The van der Waals surface area contributed by atoms with Gasteiger partial charge in [-0.3, -0.25) is 4.79 Å². The van der Waals surface area contributed by atoms with Crippen LogP contribution >= 0.6 is 23.5 Å². The van der Waals surface area contributed by atoms with Crippen LogP contribution in [-0.2, 0) is 9.36 Å². The highest BCUT2D eigenvalue weighted by Gasteiger charge is 2.18. The zero-order chi connectivity index (χ0) is 25.9. The van der Waals surface area contributed by atoms with Crippen LogP contribution in [0.4, 0.5) is 5.69 Å². The Labute approximate surface area is 221 Å². The fourth-order valence-electron chi connectivity index (χ4n) is 4.27. The molecule has 35 heavy (non-hydrogen) atoms. The summed E-state index contributed by atoms with van der Waals surface area (Å²) in [5, 5.41) is 2.82. The molecule has 1 aromatic carbocycles. The van der Waals surface area contributed by atoms with Crippen LogP contribution in [-0.4, -0.2) is 16.8 Å². The van der Waals surface area contributed by atoms with Crippen molar-refractivity contribution in [2.24, 2.45) is 0 Å². The molecule has 0 spiro atoms. The number of hydrogen-bond acceptors (Lipinski definition) is 3. The van der Waals surface area contributed by atoms with E-state index in [0.717, 1.165) is 18.9 Å². The number of halogens is 1. The predicted octanol–water partition coefficient (Wildman–Crippen LogP) is 6.83. The van der Waals surface area contributed by atoms with E-state index in [9.17, 15) is 14.3 Å². The van der Waals surface area contributed by atoms with Gasteiger partial charge in [-0.05, 0) is 49.8 Å². The number of unbranched alkanes of at least 4 members (excludes halogenated alkanes) is 10. The van der Waals surface area contributed by atoms with Crippen LogP contribution in [0.15, 0.2) is 24.3 Å². The average Bonchev–Trinajstić information content (AvgIpc) is 2.83. The Morgan fingerprint density at radius 2 is 1.49 bits per heavy atom. The third-order valence-corrected chi connectivity index (χ3v) is 9.44. The molecule has 2 unspecified atom stereocenters. The van der Waals surface area contributed by atoms with Gasteiger partial charge in [0, 0.05) is 12.1 Å². The topological polar surface area (TPSA) is 117 Å². The van der Waals surface area contributed by atoms with Gasteiger partial charge in [0.05, 0.1) is 6.04 Å². The van der Waals surface area contributed by atoms with Crippen molar-refractivity contribution in [3.05, 3.63) is 29.8 Å². The van der Waals surface area contributed by atoms with Crippen molar-refractivity contribution in [2.75, 3.05) is 5.32 Å². The maximum absolute atomic E-state index is 12.0. The normalized spacial score (nSPS) is 16.6. The second-order valence-electron chi connectivity index (χ2n) is 9.86. The van der Waals surface area contributed by atoms with Gasteiger partial charge in [0.2, 0.25) is 5.91 Å². The van der Waals surface area contributed by atoms with E-state index < -0.39 is 12.2 Å². The maximum atomic E-state index is 12.0. The maximum Gasteiger partial charge on any atom is 0.224 e. The Kier molecular flexibility index (Phi) is 17.9. The number of anilines is 1. The smallest absolute Gasteiger partial charge is 0.224 e. The molecule has 0 radical (unpaired) electrons. The SMILES string of the molecule is CCCCCCCCCCCCCC(=O)Nc1ccc(C(Br)P(=O)([O-])O)cc1.[NH3+]C1CCCCC1. The monoisotopic (exact) mass is 574 g/mol. The molecule has 1 aromatic rings. The summed E-state index contributed by atoms with van der Waals surface area (Å²) in [6.07, 6.45) is 21.3. The number of benzene rings is 1. The number of carbonyl (C=O) groups excluding carboxylic acids is 1. The van der Waals surface area contributed by atoms with Gasteiger partial charge in [0.1, 0.15) is 12.2 Å². The molecular formula is C27H48BrN2O4P. The number of quaternary nitrogens is 1.